The third kappa shape index (κ3) is 4.08. The maximum atomic E-state index is 11.3. The fraction of sp³-hybridized carbons (Fsp3) is 0.154. The van der Waals surface area contributed by atoms with Gasteiger partial charge in [0.1, 0.15) is 11.6 Å². The fourth-order valence-corrected chi connectivity index (χ4v) is 2.67. The van der Waals surface area contributed by atoms with Crippen LogP contribution in [0.5, 0.6) is 5.75 Å². The minimum absolute atomic E-state index is 0.00889. The third-order valence-electron chi connectivity index (χ3n) is 2.46. The predicted octanol–water partition coefficient (Wildman–Crippen LogP) is 1.77. The van der Waals surface area contributed by atoms with Crippen molar-refractivity contribution in [1.29, 1.82) is 0 Å². The van der Waals surface area contributed by atoms with E-state index in [0.717, 1.165) is 16.2 Å². The number of aromatic nitrogens is 3. The zero-order valence-electron chi connectivity index (χ0n) is 11.2. The van der Waals surface area contributed by atoms with Gasteiger partial charge in [-0.25, -0.2) is 4.98 Å². The molecule has 1 aromatic heterocycles. The van der Waals surface area contributed by atoms with Crippen LogP contribution in [0.4, 0.5) is 0 Å². The van der Waals surface area contributed by atoms with Crippen LogP contribution in [-0.2, 0) is 4.79 Å². The number of hydrogen-bond donors (Lipinski definition) is 1. The summed E-state index contributed by atoms with van der Waals surface area (Å²) in [5.74, 6) is -0.136. The Hall–Kier alpha value is -1.80. The number of carboxylic acids is 1. The first kappa shape index (κ1) is 15.6. The number of benzene rings is 1. The van der Waals surface area contributed by atoms with Crippen LogP contribution in [-0.4, -0.2) is 28.3 Å². The van der Waals surface area contributed by atoms with Crippen LogP contribution >= 0.6 is 27.7 Å². The standard InChI is InChI=1S/C13H12BrN3O3S/c1-7-15-13(17-16-7)21-11(12(18)19)6-8-5-9(14)3-4-10(8)20-2/h3-6H,1-2H3,(H,18,19)(H,15,16,17)/p-1/b11-6+. The quantitative estimate of drug-likeness (QED) is 0.638. The number of carboxylic acid groups (broad SMARTS) is 1. The Morgan fingerprint density at radius 3 is 2.86 bits per heavy atom. The molecule has 6 nitrogen and oxygen atoms in total. The van der Waals surface area contributed by atoms with E-state index in [0.29, 0.717) is 22.3 Å². The van der Waals surface area contributed by atoms with E-state index in [1.54, 1.807) is 25.1 Å². The first-order valence-corrected chi connectivity index (χ1v) is 7.44. The van der Waals surface area contributed by atoms with Crippen molar-refractivity contribution in [2.75, 3.05) is 7.11 Å². The number of aryl methyl sites for hydroxylation is 1. The lowest BCUT2D eigenvalue weighted by Gasteiger charge is -2.09. The van der Waals surface area contributed by atoms with Crippen molar-refractivity contribution >= 4 is 39.7 Å². The summed E-state index contributed by atoms with van der Waals surface area (Å²) in [6.45, 7) is 1.73. The van der Waals surface area contributed by atoms with E-state index < -0.39 is 5.97 Å². The number of aliphatic carboxylic acids is 1. The Kier molecular flexibility index (Phi) is 5.03. The Morgan fingerprint density at radius 1 is 1.52 bits per heavy atom. The summed E-state index contributed by atoms with van der Waals surface area (Å²) in [7, 11) is 1.52. The number of nitrogens with one attached hydrogen (secondary N) is 1. The average Bonchev–Trinajstić information content (AvgIpc) is 2.83. The Balaban J connectivity index is 2.37. The fourth-order valence-electron chi connectivity index (χ4n) is 1.56. The summed E-state index contributed by atoms with van der Waals surface area (Å²) in [6, 6.07) is 5.30. The number of carbonyl (C=O) groups is 1. The predicted molar refractivity (Wildman–Crippen MR) is 80.7 cm³/mol. The minimum atomic E-state index is -1.30. The van der Waals surface area contributed by atoms with Crippen LogP contribution in [0.1, 0.15) is 11.4 Å². The molecule has 21 heavy (non-hydrogen) atoms. The molecule has 1 N–H and O–H groups in total. The summed E-state index contributed by atoms with van der Waals surface area (Å²) in [6.07, 6.45) is 1.47. The lowest BCUT2D eigenvalue weighted by molar-refractivity contribution is -0.297. The van der Waals surface area contributed by atoms with Crippen molar-refractivity contribution in [3.8, 4) is 5.75 Å². The molecule has 1 heterocycles. The van der Waals surface area contributed by atoms with Gasteiger partial charge in [0.2, 0.25) is 5.16 Å². The summed E-state index contributed by atoms with van der Waals surface area (Å²) in [5.41, 5.74) is 0.617. The molecule has 0 aliphatic heterocycles. The number of methoxy groups -OCH3 is 1. The van der Waals surface area contributed by atoms with E-state index in [1.807, 2.05) is 0 Å². The average molecular weight is 369 g/mol. The summed E-state index contributed by atoms with van der Waals surface area (Å²) in [5, 5.41) is 18.1. The van der Waals surface area contributed by atoms with Gasteiger partial charge in [0.05, 0.1) is 13.1 Å². The molecule has 0 saturated heterocycles. The van der Waals surface area contributed by atoms with E-state index in [9.17, 15) is 9.90 Å². The number of nitrogens with zero attached hydrogens (tertiary/aromatic N) is 2. The van der Waals surface area contributed by atoms with E-state index >= 15 is 0 Å². The van der Waals surface area contributed by atoms with E-state index in [4.69, 9.17) is 4.74 Å². The van der Waals surface area contributed by atoms with Gasteiger partial charge < -0.3 is 14.6 Å². The van der Waals surface area contributed by atoms with E-state index in [1.165, 1.54) is 13.2 Å². The maximum absolute atomic E-state index is 11.3. The van der Waals surface area contributed by atoms with Gasteiger partial charge in [-0.3, -0.25) is 5.10 Å². The normalized spacial score (nSPS) is 11.5. The molecular weight excluding hydrogens is 358 g/mol. The highest BCUT2D eigenvalue weighted by Gasteiger charge is 2.09. The van der Waals surface area contributed by atoms with Gasteiger partial charge in [-0.1, -0.05) is 15.9 Å². The smallest absolute Gasteiger partial charge is 0.213 e. The monoisotopic (exact) mass is 368 g/mol. The van der Waals surface area contributed by atoms with Gasteiger partial charge in [-0.2, -0.15) is 0 Å². The van der Waals surface area contributed by atoms with Crippen molar-refractivity contribution in [2.24, 2.45) is 0 Å². The number of ether oxygens (including phenoxy) is 1. The van der Waals surface area contributed by atoms with Crippen molar-refractivity contribution in [3.63, 3.8) is 0 Å². The van der Waals surface area contributed by atoms with Crippen molar-refractivity contribution in [3.05, 3.63) is 39.0 Å². The van der Waals surface area contributed by atoms with Gasteiger partial charge in [-0.05, 0) is 43.0 Å². The number of carbonyl (C=O) groups excluding carboxylic acids is 1. The Morgan fingerprint density at radius 2 is 2.29 bits per heavy atom. The molecule has 0 unspecified atom stereocenters. The SMILES string of the molecule is COc1ccc(Br)cc1/C=C(/Sc1n[nH]c(C)n1)C(=O)[O-]. The molecule has 0 saturated carbocycles. The lowest BCUT2D eigenvalue weighted by atomic mass is 10.2. The summed E-state index contributed by atoms with van der Waals surface area (Å²) in [4.78, 5) is 15.3. The number of H-pyrrole nitrogens is 1. The largest absolute Gasteiger partial charge is 0.544 e. The molecular formula is C13H11BrN3O3S-. The number of halogens is 1. The van der Waals surface area contributed by atoms with Crippen LogP contribution in [0.15, 0.2) is 32.7 Å². The molecule has 110 valence electrons. The molecule has 0 atom stereocenters. The molecule has 0 amide bonds. The molecule has 0 radical (unpaired) electrons. The molecule has 0 aliphatic carbocycles. The van der Waals surface area contributed by atoms with Crippen molar-refractivity contribution in [1.82, 2.24) is 15.2 Å². The molecule has 0 fully saturated rings. The van der Waals surface area contributed by atoms with Crippen molar-refractivity contribution < 1.29 is 14.6 Å². The van der Waals surface area contributed by atoms with Gasteiger partial charge in [0.15, 0.2) is 0 Å². The third-order valence-corrected chi connectivity index (χ3v) is 3.82. The van der Waals surface area contributed by atoms with Crippen LogP contribution in [0.25, 0.3) is 6.08 Å². The summed E-state index contributed by atoms with van der Waals surface area (Å²) < 4.78 is 6.02. The molecule has 2 rings (SSSR count). The highest BCUT2D eigenvalue weighted by molar-refractivity contribution is 9.10. The van der Waals surface area contributed by atoms with Crippen LogP contribution in [0.3, 0.4) is 0 Å². The van der Waals surface area contributed by atoms with Crippen LogP contribution in [0.2, 0.25) is 0 Å². The molecule has 0 bridgehead atoms. The maximum Gasteiger partial charge on any atom is 0.213 e. The van der Waals surface area contributed by atoms with Gasteiger partial charge in [0, 0.05) is 14.9 Å². The Labute approximate surface area is 133 Å². The van der Waals surface area contributed by atoms with Crippen LogP contribution in [0, 0.1) is 6.92 Å². The second-order valence-electron chi connectivity index (χ2n) is 3.99. The minimum Gasteiger partial charge on any atom is -0.544 e. The topological polar surface area (TPSA) is 90.9 Å². The number of hydrogen-bond acceptors (Lipinski definition) is 6. The highest BCUT2D eigenvalue weighted by atomic mass is 79.9. The molecule has 1 aromatic carbocycles. The first-order chi connectivity index (χ1) is 9.99. The number of aromatic amines is 1. The highest BCUT2D eigenvalue weighted by Crippen LogP contribution is 2.30. The lowest BCUT2D eigenvalue weighted by Crippen LogP contribution is -2.23. The zero-order valence-corrected chi connectivity index (χ0v) is 13.6. The van der Waals surface area contributed by atoms with Crippen molar-refractivity contribution in [2.45, 2.75) is 12.1 Å². The second-order valence-corrected chi connectivity index (χ2v) is 5.91. The van der Waals surface area contributed by atoms with Gasteiger partial charge >= 0.3 is 0 Å². The molecule has 0 spiro atoms. The van der Waals surface area contributed by atoms with E-state index in [-0.39, 0.29) is 4.91 Å². The molecule has 0 aliphatic rings. The zero-order chi connectivity index (χ0) is 15.4. The molecule has 2 aromatic rings. The van der Waals surface area contributed by atoms with E-state index in [2.05, 4.69) is 31.1 Å². The second kappa shape index (κ2) is 6.77. The van der Waals surface area contributed by atoms with Crippen LogP contribution < -0.4 is 9.84 Å². The van der Waals surface area contributed by atoms with Gasteiger partial charge in [-0.15, -0.1) is 5.10 Å². The first-order valence-electron chi connectivity index (χ1n) is 5.83. The number of thioether (sulfide) groups is 1. The Bertz CT molecular complexity index is 700. The van der Waals surface area contributed by atoms with Gasteiger partial charge in [0.25, 0.3) is 0 Å². The molecule has 8 heteroatoms. The summed E-state index contributed by atoms with van der Waals surface area (Å²) >= 11 is 4.25. The number of rotatable bonds is 5.